The molecule has 2 rings (SSSR count). The average Bonchev–Trinajstić information content (AvgIpc) is 2.48. The number of hydrazine groups is 1. The Balaban J connectivity index is 1.95. The first-order valence-corrected chi connectivity index (χ1v) is 6.84. The number of nitro groups is 1. The van der Waals surface area contributed by atoms with Crippen LogP contribution in [0.1, 0.15) is 5.56 Å². The highest BCUT2D eigenvalue weighted by Gasteiger charge is 2.17. The quantitative estimate of drug-likeness (QED) is 0.444. The van der Waals surface area contributed by atoms with Gasteiger partial charge in [0.05, 0.1) is 43.7 Å². The van der Waals surface area contributed by atoms with Gasteiger partial charge in [0.15, 0.2) is 0 Å². The molecule has 21 heavy (non-hydrogen) atoms. The van der Waals surface area contributed by atoms with Gasteiger partial charge in [0, 0.05) is 12.1 Å². The van der Waals surface area contributed by atoms with Gasteiger partial charge in [0.2, 0.25) is 0 Å². The van der Waals surface area contributed by atoms with E-state index in [0.717, 1.165) is 26.2 Å². The lowest BCUT2D eigenvalue weighted by Gasteiger charge is -2.29. The van der Waals surface area contributed by atoms with Crippen LogP contribution >= 0.6 is 0 Å². The van der Waals surface area contributed by atoms with E-state index in [4.69, 9.17) is 0 Å². The van der Waals surface area contributed by atoms with E-state index in [1.807, 2.05) is 5.01 Å². The van der Waals surface area contributed by atoms with E-state index in [2.05, 4.69) is 12.5 Å². The topological polar surface area (TPSA) is 79.9 Å². The number of amides is 1. The Morgan fingerprint density at radius 3 is 2.71 bits per heavy atom. The molecule has 0 radical (unpaired) electrons. The van der Waals surface area contributed by atoms with Crippen LogP contribution in [-0.2, 0) is 4.79 Å². The van der Waals surface area contributed by atoms with E-state index in [1.165, 1.54) is 23.1 Å². The number of carbonyl (C=O) groups is 1. The Kier molecular flexibility index (Phi) is 5.02. The fourth-order valence-corrected chi connectivity index (χ4v) is 2.15. The fourth-order valence-electron chi connectivity index (χ4n) is 2.15. The van der Waals surface area contributed by atoms with E-state index < -0.39 is 4.92 Å². The summed E-state index contributed by atoms with van der Waals surface area (Å²) in [5, 5.41) is 12.7. The van der Waals surface area contributed by atoms with Gasteiger partial charge < -0.3 is 4.90 Å². The minimum atomic E-state index is -0.458. The van der Waals surface area contributed by atoms with Gasteiger partial charge in [-0.15, -0.1) is 0 Å². The van der Waals surface area contributed by atoms with E-state index in [9.17, 15) is 14.9 Å². The van der Waals surface area contributed by atoms with Crippen LogP contribution in [0.2, 0.25) is 0 Å². The lowest BCUT2D eigenvalue weighted by molar-refractivity contribution is -0.884. The summed E-state index contributed by atoms with van der Waals surface area (Å²) < 4.78 is 0. The molecule has 1 saturated heterocycles. The Labute approximate surface area is 123 Å². The molecule has 0 bridgehead atoms. The molecule has 1 amide bonds. The second kappa shape index (κ2) is 6.96. The molecule has 1 aromatic rings. The Morgan fingerprint density at radius 2 is 2.05 bits per heavy atom. The summed E-state index contributed by atoms with van der Waals surface area (Å²) in [6.07, 6.45) is 2.79. The van der Waals surface area contributed by atoms with Crippen LogP contribution in [0.25, 0.3) is 6.08 Å². The van der Waals surface area contributed by atoms with Crippen LogP contribution in [0.3, 0.4) is 0 Å². The summed E-state index contributed by atoms with van der Waals surface area (Å²) in [4.78, 5) is 23.7. The summed E-state index contributed by atoms with van der Waals surface area (Å²) in [5.41, 5.74) is 3.19. The average molecular weight is 291 g/mol. The van der Waals surface area contributed by atoms with Gasteiger partial charge in [0.25, 0.3) is 11.6 Å². The molecule has 1 aliphatic heterocycles. The van der Waals surface area contributed by atoms with Gasteiger partial charge in [-0.3, -0.25) is 20.3 Å². The molecule has 1 fully saturated rings. The Morgan fingerprint density at radius 1 is 1.38 bits per heavy atom. The molecule has 1 aromatic carbocycles. The molecule has 0 unspecified atom stereocenters. The largest absolute Gasteiger partial charge is 0.335 e. The number of quaternary nitrogens is 1. The lowest BCUT2D eigenvalue weighted by Crippen LogP contribution is -3.12. The molecule has 1 heterocycles. The third kappa shape index (κ3) is 4.37. The monoisotopic (exact) mass is 291 g/mol. The molecule has 2 N–H and O–H groups in total. The first-order valence-electron chi connectivity index (χ1n) is 6.84. The van der Waals surface area contributed by atoms with Gasteiger partial charge in [-0.25, -0.2) is 5.01 Å². The van der Waals surface area contributed by atoms with Crippen molar-refractivity contribution in [2.24, 2.45) is 0 Å². The number of para-hydroxylation sites is 1. The van der Waals surface area contributed by atoms with Crippen LogP contribution in [0, 0.1) is 10.1 Å². The zero-order valence-corrected chi connectivity index (χ0v) is 11.9. The zero-order chi connectivity index (χ0) is 15.2. The highest BCUT2D eigenvalue weighted by molar-refractivity contribution is 5.91. The zero-order valence-electron chi connectivity index (χ0n) is 11.9. The predicted octanol–water partition coefficient (Wildman–Crippen LogP) is -0.530. The molecule has 7 heteroatoms. The predicted molar refractivity (Wildman–Crippen MR) is 78.5 cm³/mol. The number of nitrogens with zero attached hydrogens (tertiary/aromatic N) is 2. The van der Waals surface area contributed by atoms with Crippen molar-refractivity contribution >= 4 is 17.7 Å². The van der Waals surface area contributed by atoms with Crippen LogP contribution in [0.5, 0.6) is 0 Å². The summed E-state index contributed by atoms with van der Waals surface area (Å²) in [7, 11) is 2.12. The van der Waals surface area contributed by atoms with Gasteiger partial charge >= 0.3 is 0 Å². The van der Waals surface area contributed by atoms with E-state index in [0.29, 0.717) is 5.56 Å². The molecule has 7 nitrogen and oxygen atoms in total. The highest BCUT2D eigenvalue weighted by atomic mass is 16.6. The first kappa shape index (κ1) is 15.1. The maximum absolute atomic E-state index is 11.8. The minimum Gasteiger partial charge on any atom is -0.335 e. The third-order valence-electron chi connectivity index (χ3n) is 3.43. The van der Waals surface area contributed by atoms with Crippen molar-refractivity contribution in [3.63, 3.8) is 0 Å². The summed E-state index contributed by atoms with van der Waals surface area (Å²) >= 11 is 0. The Bertz CT molecular complexity index is 551. The molecule has 1 aliphatic rings. The van der Waals surface area contributed by atoms with Crippen molar-refractivity contribution in [1.29, 1.82) is 0 Å². The van der Waals surface area contributed by atoms with Crippen molar-refractivity contribution in [1.82, 2.24) is 10.4 Å². The van der Waals surface area contributed by atoms with Crippen LogP contribution in [0.15, 0.2) is 30.3 Å². The van der Waals surface area contributed by atoms with E-state index >= 15 is 0 Å². The van der Waals surface area contributed by atoms with E-state index in [1.54, 1.807) is 18.2 Å². The summed E-state index contributed by atoms with van der Waals surface area (Å²) in [6.45, 7) is 3.57. The number of hydrogen-bond donors (Lipinski definition) is 2. The maximum atomic E-state index is 11.8. The number of nitro benzene ring substituents is 1. The molecule has 0 saturated carbocycles. The van der Waals surface area contributed by atoms with Crippen molar-refractivity contribution in [2.45, 2.75) is 0 Å². The van der Waals surface area contributed by atoms with Gasteiger partial charge in [0.1, 0.15) is 0 Å². The third-order valence-corrected chi connectivity index (χ3v) is 3.43. The van der Waals surface area contributed by atoms with Crippen molar-refractivity contribution in [3.8, 4) is 0 Å². The van der Waals surface area contributed by atoms with E-state index in [-0.39, 0.29) is 11.6 Å². The molecule has 0 aromatic heterocycles. The van der Waals surface area contributed by atoms with Gasteiger partial charge in [-0.1, -0.05) is 12.1 Å². The smallest absolute Gasteiger partial charge is 0.276 e. The molecular formula is C14H19N4O3+. The van der Waals surface area contributed by atoms with Crippen LogP contribution in [0.4, 0.5) is 5.69 Å². The number of carbonyl (C=O) groups excluding carboxylic acids is 1. The van der Waals surface area contributed by atoms with Crippen LogP contribution < -0.4 is 10.3 Å². The number of benzene rings is 1. The molecule has 0 aliphatic carbocycles. The molecule has 0 spiro atoms. The Hall–Kier alpha value is -2.25. The fraction of sp³-hybridized carbons (Fsp3) is 0.357. The number of likely N-dealkylation sites (N-methyl/N-ethyl adjacent to an activating group) is 1. The standard InChI is InChI=1S/C14H18N4O3/c1-16-8-10-17(11-9-16)15-14(19)7-6-12-4-2-3-5-13(12)18(20)21/h2-7H,8-11H2,1H3,(H,15,19)/p+1/b7-6+. The van der Waals surface area contributed by atoms with Gasteiger partial charge in [-0.05, 0) is 12.1 Å². The molecular weight excluding hydrogens is 272 g/mol. The normalized spacial score (nSPS) is 17.0. The number of rotatable bonds is 4. The highest BCUT2D eigenvalue weighted by Crippen LogP contribution is 2.18. The lowest BCUT2D eigenvalue weighted by atomic mass is 10.1. The second-order valence-corrected chi connectivity index (χ2v) is 5.07. The summed E-state index contributed by atoms with van der Waals surface area (Å²) in [5.74, 6) is -0.271. The van der Waals surface area contributed by atoms with Crippen molar-refractivity contribution in [2.75, 3.05) is 33.2 Å². The number of hydrogen-bond acceptors (Lipinski definition) is 4. The minimum absolute atomic E-state index is 0.00949. The molecule has 112 valence electrons. The number of nitrogens with one attached hydrogen (secondary N) is 2. The molecule has 0 atom stereocenters. The van der Waals surface area contributed by atoms with Crippen LogP contribution in [-0.4, -0.2) is 49.1 Å². The van der Waals surface area contributed by atoms with Crippen molar-refractivity contribution < 1.29 is 14.6 Å². The summed E-state index contributed by atoms with van der Waals surface area (Å²) in [6, 6.07) is 6.33. The van der Waals surface area contributed by atoms with Gasteiger partial charge in [-0.2, -0.15) is 0 Å². The van der Waals surface area contributed by atoms with Crippen molar-refractivity contribution in [3.05, 3.63) is 46.0 Å². The first-order chi connectivity index (χ1) is 10.1. The maximum Gasteiger partial charge on any atom is 0.276 e. The second-order valence-electron chi connectivity index (χ2n) is 5.07. The number of piperazine rings is 1. The SMILES string of the molecule is C[NH+]1CCN(NC(=O)/C=C/c2ccccc2[N+](=O)[O-])CC1.